The Kier molecular flexibility index (Phi) is 8.62. The van der Waals surface area contributed by atoms with Gasteiger partial charge in [0.15, 0.2) is 6.04 Å². The number of nitrogens with zero attached hydrogens (tertiary/aromatic N) is 1. The number of hydrogen-bond donors (Lipinski definition) is 0. The summed E-state index contributed by atoms with van der Waals surface area (Å²) < 4.78 is 41.6. The molecule has 0 N–H and O–H groups in total. The number of benzene rings is 3. The minimum absolute atomic E-state index is 0.434. The molecule has 0 aliphatic heterocycles. The summed E-state index contributed by atoms with van der Waals surface area (Å²) in [5.41, 5.74) is 7.62. The third kappa shape index (κ3) is 6.85. The summed E-state index contributed by atoms with van der Waals surface area (Å²) in [6.07, 6.45) is 5.00. The first-order chi connectivity index (χ1) is 17.3. The second-order valence-corrected chi connectivity index (χ2v) is 10.0. The number of alkyl halides is 1. The van der Waals surface area contributed by atoms with Gasteiger partial charge in [-0.15, -0.1) is 0 Å². The number of rotatable bonds is 4. The van der Waals surface area contributed by atoms with Crippen LogP contribution in [0.15, 0.2) is 103 Å². The Balaban J connectivity index is 0.000000556. The quantitative estimate of drug-likeness (QED) is 0.102. The van der Waals surface area contributed by atoms with Crippen molar-refractivity contribution in [2.45, 2.75) is 36.6 Å². The smallest absolute Gasteiger partial charge is 0.418 e. The van der Waals surface area contributed by atoms with Gasteiger partial charge in [-0.25, -0.2) is 0 Å². The third-order valence-electron chi connectivity index (χ3n) is 6.33. The van der Waals surface area contributed by atoms with Crippen LogP contribution in [0.1, 0.15) is 31.7 Å². The summed E-state index contributed by atoms with van der Waals surface area (Å²) in [5, 5.41) is 0. The molecule has 0 spiro atoms. The van der Waals surface area contributed by atoms with Gasteiger partial charge in [-0.2, -0.15) is 4.57 Å². The Morgan fingerprint density at radius 3 is 1.39 bits per heavy atom. The van der Waals surface area contributed by atoms with E-state index < -0.39 is 7.25 Å². The maximum Gasteiger partial charge on any atom is 0.673 e. The second kappa shape index (κ2) is 11.9. The van der Waals surface area contributed by atoms with Gasteiger partial charge >= 0.3 is 7.25 Å². The van der Waals surface area contributed by atoms with E-state index in [4.69, 9.17) is 0 Å². The van der Waals surface area contributed by atoms with Crippen molar-refractivity contribution in [3.8, 4) is 33.6 Å². The van der Waals surface area contributed by atoms with E-state index in [-0.39, 0.29) is 0 Å². The molecule has 3 aromatic carbocycles. The molecular weight excluding hydrogens is 529 g/mol. The number of hydrogen-bond acceptors (Lipinski definition) is 0. The van der Waals surface area contributed by atoms with Gasteiger partial charge in [0.05, 0.1) is 4.83 Å². The van der Waals surface area contributed by atoms with Gasteiger partial charge < -0.3 is 17.3 Å². The Hall–Kier alpha value is -2.93. The second-order valence-electron chi connectivity index (χ2n) is 8.85. The summed E-state index contributed by atoms with van der Waals surface area (Å²) in [5.74, 6) is 0. The highest BCUT2D eigenvalue weighted by Crippen LogP contribution is 2.36. The lowest BCUT2D eigenvalue weighted by atomic mass is 9.91. The fourth-order valence-electron chi connectivity index (χ4n) is 4.78. The normalized spacial score (nSPS) is 17.7. The van der Waals surface area contributed by atoms with Crippen LogP contribution in [0.4, 0.5) is 17.3 Å². The molecule has 1 heterocycles. The fourth-order valence-corrected chi connectivity index (χ4v) is 5.60. The summed E-state index contributed by atoms with van der Waals surface area (Å²) in [6, 6.07) is 37.6. The van der Waals surface area contributed by atoms with E-state index >= 15 is 0 Å². The highest BCUT2D eigenvalue weighted by atomic mass is 79.9. The first kappa shape index (κ1) is 26.1. The molecule has 1 nitrogen and oxygen atoms in total. The standard InChI is InChI=1S/C29H27BrN.BF4/c30-26-18-10-11-19-27(26)31-28(23-14-6-2-7-15-23)20-25(22-12-4-1-5-13-22)21-29(31)24-16-8-3-9-17-24;2-1(3,4)5/h1-9,12-17,20-21,26-27H,10-11,18-19H2;/q+1;-1. The van der Waals surface area contributed by atoms with Crippen molar-refractivity contribution >= 4 is 23.2 Å². The van der Waals surface area contributed by atoms with Crippen molar-refractivity contribution in [1.82, 2.24) is 0 Å². The zero-order valence-electron chi connectivity index (χ0n) is 19.7. The highest BCUT2D eigenvalue weighted by Gasteiger charge is 2.36. The molecule has 2 unspecified atom stereocenters. The molecule has 5 rings (SSSR count). The van der Waals surface area contributed by atoms with Gasteiger partial charge in [-0.1, -0.05) is 89.1 Å². The number of halogens is 5. The van der Waals surface area contributed by atoms with Crippen molar-refractivity contribution < 1.29 is 21.8 Å². The maximum atomic E-state index is 9.75. The van der Waals surface area contributed by atoms with E-state index in [0.717, 1.165) is 0 Å². The van der Waals surface area contributed by atoms with Gasteiger partial charge in [-0.3, -0.25) is 0 Å². The zero-order valence-corrected chi connectivity index (χ0v) is 21.3. The van der Waals surface area contributed by atoms with E-state index in [9.17, 15) is 17.3 Å². The molecule has 1 aromatic heterocycles. The lowest BCUT2D eigenvalue weighted by Crippen LogP contribution is -2.49. The van der Waals surface area contributed by atoms with Gasteiger partial charge in [0.1, 0.15) is 0 Å². The molecule has 36 heavy (non-hydrogen) atoms. The lowest BCUT2D eigenvalue weighted by molar-refractivity contribution is -0.703. The van der Waals surface area contributed by atoms with Crippen molar-refractivity contribution in [2.24, 2.45) is 0 Å². The Morgan fingerprint density at radius 1 is 0.583 bits per heavy atom. The van der Waals surface area contributed by atoms with Crippen molar-refractivity contribution in [1.29, 1.82) is 0 Å². The predicted octanol–water partition coefficient (Wildman–Crippen LogP) is 9.15. The Morgan fingerprint density at radius 2 is 0.972 bits per heavy atom. The van der Waals surface area contributed by atoms with E-state index in [2.05, 4.69) is 124 Å². The van der Waals surface area contributed by atoms with Gasteiger partial charge in [-0.05, 0) is 48.2 Å². The van der Waals surface area contributed by atoms with Crippen molar-refractivity contribution in [3.05, 3.63) is 103 Å². The van der Waals surface area contributed by atoms with Gasteiger partial charge in [0, 0.05) is 29.7 Å². The molecule has 1 aliphatic rings. The van der Waals surface area contributed by atoms with Crippen LogP contribution in [0.25, 0.3) is 33.6 Å². The molecule has 186 valence electrons. The van der Waals surface area contributed by atoms with Crippen LogP contribution in [0.3, 0.4) is 0 Å². The first-order valence-electron chi connectivity index (χ1n) is 12.1. The summed E-state index contributed by atoms with van der Waals surface area (Å²) in [7, 11) is -6.00. The molecular formula is C29H27BBrF4N. The van der Waals surface area contributed by atoms with Crippen molar-refractivity contribution in [3.63, 3.8) is 0 Å². The largest absolute Gasteiger partial charge is 0.673 e. The monoisotopic (exact) mass is 555 g/mol. The van der Waals surface area contributed by atoms with Crippen LogP contribution in [0.2, 0.25) is 0 Å². The van der Waals surface area contributed by atoms with Gasteiger partial charge in [0.2, 0.25) is 11.4 Å². The van der Waals surface area contributed by atoms with Crippen LogP contribution in [0.5, 0.6) is 0 Å². The van der Waals surface area contributed by atoms with E-state index in [0.29, 0.717) is 10.9 Å². The molecule has 7 heteroatoms. The van der Waals surface area contributed by atoms with Crippen LogP contribution in [-0.4, -0.2) is 12.1 Å². The molecule has 0 saturated heterocycles. The van der Waals surface area contributed by atoms with Crippen LogP contribution in [-0.2, 0) is 0 Å². The highest BCUT2D eigenvalue weighted by molar-refractivity contribution is 9.09. The third-order valence-corrected chi connectivity index (χ3v) is 7.40. The summed E-state index contributed by atoms with van der Waals surface area (Å²) in [6.45, 7) is 0. The number of aromatic nitrogens is 1. The summed E-state index contributed by atoms with van der Waals surface area (Å²) in [4.78, 5) is 0.485. The average Bonchev–Trinajstić information content (AvgIpc) is 2.89. The minimum Gasteiger partial charge on any atom is -0.418 e. The maximum absolute atomic E-state index is 9.75. The average molecular weight is 556 g/mol. The molecule has 0 bridgehead atoms. The SMILES string of the molecule is BrC1CCCCC1[n+]1c(-c2ccccc2)cc(-c2ccccc2)cc1-c1ccccc1.F[B-](F)(F)F. The van der Waals surface area contributed by atoms with Gasteiger partial charge in [0.25, 0.3) is 0 Å². The molecule has 1 fully saturated rings. The van der Waals surface area contributed by atoms with Crippen LogP contribution < -0.4 is 4.57 Å². The van der Waals surface area contributed by atoms with Crippen molar-refractivity contribution in [2.75, 3.05) is 0 Å². The van der Waals surface area contributed by atoms with E-state index in [1.165, 1.54) is 59.3 Å². The van der Waals surface area contributed by atoms with Crippen LogP contribution in [0, 0.1) is 0 Å². The summed E-state index contributed by atoms with van der Waals surface area (Å²) >= 11 is 4.05. The van der Waals surface area contributed by atoms with E-state index in [1.54, 1.807) is 0 Å². The topological polar surface area (TPSA) is 3.88 Å². The molecule has 0 radical (unpaired) electrons. The molecule has 0 amide bonds. The number of pyridine rings is 1. The molecule has 1 aliphatic carbocycles. The zero-order chi connectivity index (χ0) is 25.5. The lowest BCUT2D eigenvalue weighted by Gasteiger charge is -2.26. The molecule has 2 atom stereocenters. The fraction of sp³-hybridized carbons (Fsp3) is 0.207. The predicted molar refractivity (Wildman–Crippen MR) is 143 cm³/mol. The molecule has 1 saturated carbocycles. The Bertz CT molecular complexity index is 1180. The van der Waals surface area contributed by atoms with E-state index in [1.807, 2.05) is 0 Å². The minimum atomic E-state index is -6.00. The Labute approximate surface area is 218 Å². The van der Waals surface area contributed by atoms with Crippen LogP contribution >= 0.6 is 15.9 Å². The first-order valence-corrected chi connectivity index (χ1v) is 13.0. The molecule has 4 aromatic rings.